The minimum atomic E-state index is -0.425. The number of amides is 1. The van der Waals surface area contributed by atoms with Crippen molar-refractivity contribution in [1.82, 2.24) is 14.3 Å². The molecule has 7 nitrogen and oxygen atoms in total. The third-order valence-electron chi connectivity index (χ3n) is 4.30. The Labute approximate surface area is 160 Å². The summed E-state index contributed by atoms with van der Waals surface area (Å²) >= 11 is 1.38. The molecule has 0 atom stereocenters. The molecule has 3 rings (SSSR count). The highest BCUT2D eigenvalue weighted by Crippen LogP contribution is 2.22. The Balaban J connectivity index is 2.16. The highest BCUT2D eigenvalue weighted by molar-refractivity contribution is 7.16. The molecule has 0 radical (unpaired) electrons. The van der Waals surface area contributed by atoms with Crippen LogP contribution in [0.15, 0.2) is 23.3 Å². The van der Waals surface area contributed by atoms with E-state index in [0.29, 0.717) is 17.1 Å². The maximum Gasteiger partial charge on any atom is 0.326 e. The van der Waals surface area contributed by atoms with E-state index in [-0.39, 0.29) is 12.5 Å². The number of esters is 1. The van der Waals surface area contributed by atoms with Crippen LogP contribution in [0.1, 0.15) is 34.1 Å². The van der Waals surface area contributed by atoms with Crippen LogP contribution in [-0.4, -0.2) is 32.8 Å². The highest BCUT2D eigenvalue weighted by atomic mass is 32.1. The molecule has 0 fully saturated rings. The quantitative estimate of drug-likeness (QED) is 0.646. The molecule has 0 N–H and O–H groups in total. The Kier molecular flexibility index (Phi) is 5.27. The first-order valence-electron chi connectivity index (χ1n) is 8.65. The van der Waals surface area contributed by atoms with Gasteiger partial charge in [0.15, 0.2) is 10.5 Å². The molecule has 8 heteroatoms. The smallest absolute Gasteiger partial charge is 0.326 e. The molecule has 27 heavy (non-hydrogen) atoms. The fourth-order valence-electron chi connectivity index (χ4n) is 2.85. The van der Waals surface area contributed by atoms with Crippen LogP contribution in [0.4, 0.5) is 0 Å². The Morgan fingerprint density at radius 2 is 1.89 bits per heavy atom. The minimum Gasteiger partial charge on any atom is -0.465 e. The number of rotatable bonds is 4. The van der Waals surface area contributed by atoms with E-state index in [9.17, 15) is 9.59 Å². The number of benzene rings is 1. The van der Waals surface area contributed by atoms with Crippen LogP contribution in [-0.2, 0) is 23.1 Å². The molecular formula is C19H22N4O3S. The fourth-order valence-corrected chi connectivity index (χ4v) is 3.96. The number of carbonyl (C=O) groups is 2. The molecule has 0 saturated heterocycles. The van der Waals surface area contributed by atoms with Crippen molar-refractivity contribution in [3.8, 4) is 0 Å². The van der Waals surface area contributed by atoms with Crippen molar-refractivity contribution in [3.63, 3.8) is 0 Å². The largest absolute Gasteiger partial charge is 0.465 e. The van der Waals surface area contributed by atoms with E-state index in [1.807, 2.05) is 32.9 Å². The van der Waals surface area contributed by atoms with Gasteiger partial charge in [-0.1, -0.05) is 11.3 Å². The predicted molar refractivity (Wildman–Crippen MR) is 104 cm³/mol. The molecule has 0 saturated carbocycles. The third-order valence-corrected chi connectivity index (χ3v) is 5.34. The molecule has 2 heterocycles. The maximum atomic E-state index is 12.7. The lowest BCUT2D eigenvalue weighted by molar-refractivity contribution is -0.143. The third kappa shape index (κ3) is 3.85. The van der Waals surface area contributed by atoms with Gasteiger partial charge in [-0.05, 0) is 51.0 Å². The van der Waals surface area contributed by atoms with Crippen LogP contribution >= 0.6 is 11.3 Å². The van der Waals surface area contributed by atoms with Crippen molar-refractivity contribution < 1.29 is 14.3 Å². The van der Waals surface area contributed by atoms with E-state index in [4.69, 9.17) is 4.74 Å². The Morgan fingerprint density at radius 3 is 2.52 bits per heavy atom. The van der Waals surface area contributed by atoms with Gasteiger partial charge in [0.2, 0.25) is 0 Å². The molecule has 1 aromatic carbocycles. The zero-order chi connectivity index (χ0) is 19.7. The second kappa shape index (κ2) is 7.48. The van der Waals surface area contributed by atoms with Crippen molar-refractivity contribution in [3.05, 3.63) is 45.5 Å². The molecule has 142 valence electrons. The Hall–Kier alpha value is -2.74. The van der Waals surface area contributed by atoms with E-state index in [0.717, 1.165) is 26.9 Å². The van der Waals surface area contributed by atoms with Gasteiger partial charge in [-0.2, -0.15) is 10.1 Å². The SMILES string of the molecule is CCOC(=O)Cn1c(=NC(=O)c2nn(C)cc2C)sc2cc(C)c(C)cc21. The summed E-state index contributed by atoms with van der Waals surface area (Å²) < 4.78 is 9.37. The fraction of sp³-hybridized carbons (Fsp3) is 0.368. The van der Waals surface area contributed by atoms with Gasteiger partial charge in [0, 0.05) is 18.8 Å². The van der Waals surface area contributed by atoms with Crippen LogP contribution < -0.4 is 4.80 Å². The molecule has 0 bridgehead atoms. The summed E-state index contributed by atoms with van der Waals surface area (Å²) in [6.45, 7) is 7.94. The van der Waals surface area contributed by atoms with E-state index >= 15 is 0 Å². The van der Waals surface area contributed by atoms with Crippen LogP contribution in [0.5, 0.6) is 0 Å². The topological polar surface area (TPSA) is 78.5 Å². The monoisotopic (exact) mass is 386 g/mol. The van der Waals surface area contributed by atoms with E-state index in [1.54, 1.807) is 29.4 Å². The number of nitrogens with zero attached hydrogens (tertiary/aromatic N) is 4. The number of aryl methyl sites for hydroxylation is 4. The molecule has 0 aliphatic rings. The molecule has 0 aliphatic carbocycles. The number of thiazole rings is 1. The van der Waals surface area contributed by atoms with Crippen LogP contribution in [0.25, 0.3) is 10.2 Å². The maximum absolute atomic E-state index is 12.7. The van der Waals surface area contributed by atoms with Gasteiger partial charge in [-0.25, -0.2) is 0 Å². The first-order chi connectivity index (χ1) is 12.8. The normalized spacial score (nSPS) is 12.0. The average molecular weight is 386 g/mol. The number of hydrogen-bond donors (Lipinski definition) is 0. The minimum absolute atomic E-state index is 0.00363. The summed E-state index contributed by atoms with van der Waals surface area (Å²) in [5.41, 5.74) is 4.18. The number of carbonyl (C=O) groups excluding carboxylic acids is 2. The van der Waals surface area contributed by atoms with E-state index in [2.05, 4.69) is 10.1 Å². The molecular weight excluding hydrogens is 364 g/mol. The Bertz CT molecular complexity index is 1100. The molecule has 1 amide bonds. The van der Waals surface area contributed by atoms with Gasteiger partial charge in [0.05, 0.1) is 16.8 Å². The second-order valence-corrected chi connectivity index (χ2v) is 7.44. The van der Waals surface area contributed by atoms with Crippen molar-refractivity contribution in [2.45, 2.75) is 34.2 Å². The van der Waals surface area contributed by atoms with E-state index in [1.165, 1.54) is 11.3 Å². The van der Waals surface area contributed by atoms with Gasteiger partial charge in [0.1, 0.15) is 6.54 Å². The molecule has 3 aromatic rings. The number of fused-ring (bicyclic) bond motifs is 1. The predicted octanol–water partition coefficient (Wildman–Crippen LogP) is 2.67. The summed E-state index contributed by atoms with van der Waals surface area (Å²) in [6.07, 6.45) is 1.77. The van der Waals surface area contributed by atoms with Gasteiger partial charge in [0.25, 0.3) is 5.91 Å². The summed E-state index contributed by atoms with van der Waals surface area (Å²) in [4.78, 5) is 29.5. The van der Waals surface area contributed by atoms with Crippen molar-refractivity contribution in [2.75, 3.05) is 6.61 Å². The van der Waals surface area contributed by atoms with Crippen LogP contribution in [0.3, 0.4) is 0 Å². The first-order valence-corrected chi connectivity index (χ1v) is 9.47. The molecule has 2 aromatic heterocycles. The first kappa shape index (κ1) is 19.0. The molecule has 0 unspecified atom stereocenters. The van der Waals surface area contributed by atoms with Crippen molar-refractivity contribution in [1.29, 1.82) is 0 Å². The molecule has 0 spiro atoms. The van der Waals surface area contributed by atoms with Crippen LogP contribution in [0.2, 0.25) is 0 Å². The highest BCUT2D eigenvalue weighted by Gasteiger charge is 2.16. The van der Waals surface area contributed by atoms with Gasteiger partial charge in [-0.3, -0.25) is 14.3 Å². The Morgan fingerprint density at radius 1 is 1.19 bits per heavy atom. The van der Waals surface area contributed by atoms with Crippen molar-refractivity contribution >= 4 is 33.4 Å². The number of aromatic nitrogens is 3. The van der Waals surface area contributed by atoms with Gasteiger partial charge >= 0.3 is 5.97 Å². The lowest BCUT2D eigenvalue weighted by Gasteiger charge is -2.06. The summed E-state index contributed by atoms with van der Waals surface area (Å²) in [5, 5.41) is 4.19. The zero-order valence-corrected chi connectivity index (χ0v) is 16.9. The lowest BCUT2D eigenvalue weighted by Crippen LogP contribution is -2.23. The number of ether oxygens (including phenoxy) is 1. The van der Waals surface area contributed by atoms with Gasteiger partial charge in [-0.15, -0.1) is 0 Å². The second-order valence-electron chi connectivity index (χ2n) is 6.43. The standard InChI is InChI=1S/C19H22N4O3S/c1-6-26-16(24)10-23-14-7-11(2)12(3)8-15(14)27-19(23)20-18(25)17-13(4)9-22(5)21-17/h7-9H,6,10H2,1-5H3. The lowest BCUT2D eigenvalue weighted by atomic mass is 10.1. The van der Waals surface area contributed by atoms with Crippen LogP contribution in [0, 0.1) is 20.8 Å². The summed E-state index contributed by atoms with van der Waals surface area (Å²) in [5.74, 6) is -0.788. The zero-order valence-electron chi connectivity index (χ0n) is 16.1. The molecule has 0 aliphatic heterocycles. The van der Waals surface area contributed by atoms with Gasteiger partial charge < -0.3 is 9.30 Å². The number of hydrogen-bond acceptors (Lipinski definition) is 5. The summed E-state index contributed by atoms with van der Waals surface area (Å²) in [6, 6.07) is 4.06. The average Bonchev–Trinajstić information content (AvgIpc) is 3.08. The summed E-state index contributed by atoms with van der Waals surface area (Å²) in [7, 11) is 1.76. The van der Waals surface area contributed by atoms with Crippen molar-refractivity contribution in [2.24, 2.45) is 12.0 Å². The van der Waals surface area contributed by atoms with E-state index < -0.39 is 5.91 Å².